The van der Waals surface area contributed by atoms with Crippen LogP contribution in [0.5, 0.6) is 11.5 Å². The largest absolute Gasteiger partial charge is 0.505 e. The molecular weight excluding hydrogens is 201 g/mol. The maximum absolute atomic E-state index is 13.5. The van der Waals surface area contributed by atoms with Gasteiger partial charge < -0.3 is 15.1 Å². The molecule has 0 saturated carbocycles. The van der Waals surface area contributed by atoms with Crippen molar-refractivity contribution in [3.63, 3.8) is 0 Å². The molecule has 0 unspecified atom stereocenters. The summed E-state index contributed by atoms with van der Waals surface area (Å²) in [5.41, 5.74) is 0.889. The zero-order valence-corrected chi connectivity index (χ0v) is 8.91. The first kappa shape index (κ1) is 11.7. The molecule has 0 amide bonds. The number of methoxy groups -OCH3 is 1. The Morgan fingerprint density at radius 2 is 2.13 bits per heavy atom. The Morgan fingerprint density at radius 3 is 2.60 bits per heavy atom. The summed E-state index contributed by atoms with van der Waals surface area (Å²) in [7, 11) is 2.76. The molecule has 1 aromatic carbocycles. The number of hydrogen-bond donors (Lipinski definition) is 2. The molecule has 0 aliphatic heterocycles. The first-order chi connectivity index (χ1) is 6.97. The van der Waals surface area contributed by atoms with Gasteiger partial charge in [0, 0.05) is 12.6 Å². The fraction of sp³-hybridized carbons (Fsp3) is 0.400. The zero-order chi connectivity index (χ0) is 11.6. The van der Waals surface area contributed by atoms with Crippen LogP contribution in [0.4, 0.5) is 4.39 Å². The van der Waals surface area contributed by atoms with Crippen molar-refractivity contribution in [1.29, 1.82) is 0 Å². The van der Waals surface area contributed by atoms with E-state index in [-0.39, 0.29) is 12.3 Å². The molecule has 2 N–H and O–H groups in total. The number of phenols is 1. The van der Waals surface area contributed by atoms with E-state index in [0.29, 0.717) is 11.1 Å². The van der Waals surface area contributed by atoms with Gasteiger partial charge in [-0.2, -0.15) is 9.45 Å². The summed E-state index contributed by atoms with van der Waals surface area (Å²) < 4.78 is 18.3. The molecule has 0 aliphatic rings. The third-order valence-corrected chi connectivity index (χ3v) is 2.07. The lowest BCUT2D eigenvalue weighted by Crippen LogP contribution is -2.13. The molecule has 0 heterocycles. The number of halogens is 1. The van der Waals surface area contributed by atoms with Gasteiger partial charge in [0.15, 0.2) is 11.5 Å². The molecule has 0 aliphatic carbocycles. The molecule has 0 radical (unpaired) electrons. The first-order valence-corrected chi connectivity index (χ1v) is 4.42. The third-order valence-electron chi connectivity index (χ3n) is 2.07. The molecule has 0 atom stereocenters. The van der Waals surface area contributed by atoms with Gasteiger partial charge in [0.25, 0.3) is 0 Å². The van der Waals surface area contributed by atoms with E-state index in [1.165, 1.54) is 14.2 Å². The van der Waals surface area contributed by atoms with Crippen LogP contribution in [-0.4, -0.2) is 29.5 Å². The number of rotatable bonds is 3. The van der Waals surface area contributed by atoms with E-state index in [9.17, 15) is 9.50 Å². The number of aryl methyl sites for hydroxylation is 1. The molecule has 84 valence electrons. The standard InChI is InChI=1S/C10H14FNO3/c1-6-4-7(5-12(2)14)10(15-3)8(11)9(6)13/h4,13-14H,5H2,1-3H3. The van der Waals surface area contributed by atoms with Crippen LogP contribution in [0.1, 0.15) is 11.1 Å². The predicted molar refractivity (Wildman–Crippen MR) is 52.6 cm³/mol. The van der Waals surface area contributed by atoms with Crippen LogP contribution < -0.4 is 4.74 Å². The predicted octanol–water partition coefficient (Wildman–Crippen LogP) is 1.67. The molecule has 0 fully saturated rings. The fourth-order valence-corrected chi connectivity index (χ4v) is 1.40. The number of aromatic hydroxyl groups is 1. The van der Waals surface area contributed by atoms with E-state index in [1.807, 2.05) is 0 Å². The average Bonchev–Trinajstić information content (AvgIpc) is 2.14. The van der Waals surface area contributed by atoms with Gasteiger partial charge in [0.1, 0.15) is 0 Å². The molecule has 0 aromatic heterocycles. The van der Waals surface area contributed by atoms with Crippen molar-refractivity contribution in [1.82, 2.24) is 5.06 Å². The Hall–Kier alpha value is -1.33. The van der Waals surface area contributed by atoms with Crippen molar-refractivity contribution in [2.75, 3.05) is 14.2 Å². The van der Waals surface area contributed by atoms with Crippen molar-refractivity contribution in [2.24, 2.45) is 0 Å². The van der Waals surface area contributed by atoms with Crippen LogP contribution in [0, 0.1) is 12.7 Å². The minimum absolute atomic E-state index is 0.0426. The van der Waals surface area contributed by atoms with Crippen LogP contribution in [-0.2, 0) is 6.54 Å². The molecule has 0 spiro atoms. The molecule has 15 heavy (non-hydrogen) atoms. The topological polar surface area (TPSA) is 52.9 Å². The Kier molecular flexibility index (Phi) is 3.49. The number of benzene rings is 1. The summed E-state index contributed by atoms with van der Waals surface area (Å²) in [6.07, 6.45) is 0. The number of hydrogen-bond acceptors (Lipinski definition) is 4. The van der Waals surface area contributed by atoms with Gasteiger partial charge in [-0.15, -0.1) is 0 Å². The Labute approximate surface area is 87.5 Å². The summed E-state index contributed by atoms with van der Waals surface area (Å²) in [5, 5.41) is 19.3. The van der Waals surface area contributed by atoms with E-state index in [4.69, 9.17) is 9.94 Å². The zero-order valence-electron chi connectivity index (χ0n) is 8.91. The van der Waals surface area contributed by atoms with Crippen molar-refractivity contribution in [2.45, 2.75) is 13.5 Å². The summed E-state index contributed by atoms with van der Waals surface area (Å²) >= 11 is 0. The van der Waals surface area contributed by atoms with Gasteiger partial charge >= 0.3 is 0 Å². The normalized spacial score (nSPS) is 10.8. The Morgan fingerprint density at radius 1 is 1.53 bits per heavy atom. The van der Waals surface area contributed by atoms with E-state index < -0.39 is 11.6 Å². The van der Waals surface area contributed by atoms with E-state index in [1.54, 1.807) is 13.0 Å². The van der Waals surface area contributed by atoms with E-state index in [2.05, 4.69) is 0 Å². The van der Waals surface area contributed by atoms with Crippen LogP contribution in [0.25, 0.3) is 0 Å². The number of phenolic OH excluding ortho intramolecular Hbond substituents is 1. The summed E-state index contributed by atoms with van der Waals surface area (Å²) in [6, 6.07) is 1.57. The second-order valence-electron chi connectivity index (χ2n) is 3.36. The highest BCUT2D eigenvalue weighted by molar-refractivity contribution is 5.47. The maximum Gasteiger partial charge on any atom is 0.207 e. The third kappa shape index (κ3) is 2.37. The molecule has 5 heteroatoms. The molecular formula is C10H14FNO3. The van der Waals surface area contributed by atoms with E-state index in [0.717, 1.165) is 5.06 Å². The summed E-state index contributed by atoms with van der Waals surface area (Å²) in [6.45, 7) is 1.71. The minimum atomic E-state index is -0.797. The lowest BCUT2D eigenvalue weighted by atomic mass is 10.1. The van der Waals surface area contributed by atoms with Crippen molar-refractivity contribution < 1.29 is 19.4 Å². The Balaban J connectivity index is 3.25. The van der Waals surface area contributed by atoms with Gasteiger partial charge in [-0.3, -0.25) is 0 Å². The number of ether oxygens (including phenoxy) is 1. The fourth-order valence-electron chi connectivity index (χ4n) is 1.40. The van der Waals surface area contributed by atoms with Crippen molar-refractivity contribution in [3.8, 4) is 11.5 Å². The highest BCUT2D eigenvalue weighted by Gasteiger charge is 2.17. The van der Waals surface area contributed by atoms with Crippen LogP contribution in [0.3, 0.4) is 0 Å². The second-order valence-corrected chi connectivity index (χ2v) is 3.36. The highest BCUT2D eigenvalue weighted by atomic mass is 19.1. The quantitative estimate of drug-likeness (QED) is 0.753. The van der Waals surface area contributed by atoms with Crippen molar-refractivity contribution in [3.05, 3.63) is 23.0 Å². The monoisotopic (exact) mass is 215 g/mol. The van der Waals surface area contributed by atoms with Gasteiger partial charge in [-0.1, -0.05) is 0 Å². The van der Waals surface area contributed by atoms with E-state index >= 15 is 0 Å². The van der Waals surface area contributed by atoms with Crippen molar-refractivity contribution >= 4 is 0 Å². The van der Waals surface area contributed by atoms with Crippen LogP contribution in [0.2, 0.25) is 0 Å². The maximum atomic E-state index is 13.5. The molecule has 0 bridgehead atoms. The molecule has 0 saturated heterocycles. The van der Waals surface area contributed by atoms with Crippen LogP contribution >= 0.6 is 0 Å². The van der Waals surface area contributed by atoms with Crippen LogP contribution in [0.15, 0.2) is 6.07 Å². The molecule has 1 rings (SSSR count). The average molecular weight is 215 g/mol. The SMILES string of the molecule is COc1c(CN(C)O)cc(C)c(O)c1F. The first-order valence-electron chi connectivity index (χ1n) is 4.42. The lowest BCUT2D eigenvalue weighted by molar-refractivity contribution is -0.0736. The second kappa shape index (κ2) is 4.46. The molecule has 1 aromatic rings. The number of nitrogens with zero attached hydrogens (tertiary/aromatic N) is 1. The minimum Gasteiger partial charge on any atom is -0.505 e. The summed E-state index contributed by atoms with van der Waals surface area (Å²) in [5.74, 6) is -1.26. The lowest BCUT2D eigenvalue weighted by Gasteiger charge is -2.14. The highest BCUT2D eigenvalue weighted by Crippen LogP contribution is 2.33. The Bertz CT molecular complexity index is 366. The number of hydroxylamine groups is 2. The van der Waals surface area contributed by atoms with Gasteiger partial charge in [-0.25, -0.2) is 0 Å². The smallest absolute Gasteiger partial charge is 0.207 e. The summed E-state index contributed by atoms with van der Waals surface area (Å²) in [4.78, 5) is 0. The van der Waals surface area contributed by atoms with Gasteiger partial charge in [-0.05, 0) is 18.6 Å². The van der Waals surface area contributed by atoms with Gasteiger partial charge in [0.05, 0.1) is 13.7 Å². The molecule has 4 nitrogen and oxygen atoms in total. The van der Waals surface area contributed by atoms with Gasteiger partial charge in [0.2, 0.25) is 5.82 Å².